The second-order valence-electron chi connectivity index (χ2n) is 5.93. The van der Waals surface area contributed by atoms with Crippen molar-refractivity contribution < 1.29 is 9.53 Å². The first kappa shape index (κ1) is 15.3. The number of para-hydroxylation sites is 1. The number of carbonyl (C=O) groups excluding carboxylic acids is 1. The molecule has 0 aliphatic heterocycles. The zero-order valence-corrected chi connectivity index (χ0v) is 13.7. The molecule has 1 aromatic carbocycles. The molecule has 0 spiro atoms. The fraction of sp³-hybridized carbons (Fsp3) is 0.222. The van der Waals surface area contributed by atoms with Crippen LogP contribution < -0.4 is 10.1 Å². The SMILES string of the molecule is COc1ccccc1[C@@H]1C[C@@H]1C(=O)Nc1ccc(-n2cncn2)nc1. The smallest absolute Gasteiger partial charge is 0.228 e. The van der Waals surface area contributed by atoms with Gasteiger partial charge in [-0.3, -0.25) is 4.79 Å². The minimum atomic E-state index is -0.0358. The number of nitrogens with one attached hydrogen (secondary N) is 1. The fourth-order valence-corrected chi connectivity index (χ4v) is 2.96. The highest BCUT2D eigenvalue weighted by molar-refractivity contribution is 5.95. The lowest BCUT2D eigenvalue weighted by Crippen LogP contribution is -2.15. The van der Waals surface area contributed by atoms with E-state index in [9.17, 15) is 4.79 Å². The zero-order valence-electron chi connectivity index (χ0n) is 13.7. The molecule has 0 unspecified atom stereocenters. The summed E-state index contributed by atoms with van der Waals surface area (Å²) in [5, 5.41) is 6.95. The Hall–Kier alpha value is -3.22. The van der Waals surface area contributed by atoms with E-state index >= 15 is 0 Å². The average molecular weight is 335 g/mol. The highest BCUT2D eigenvalue weighted by Crippen LogP contribution is 2.50. The normalized spacial score (nSPS) is 18.6. The number of anilines is 1. The minimum Gasteiger partial charge on any atom is -0.496 e. The molecule has 7 nitrogen and oxygen atoms in total. The monoisotopic (exact) mass is 335 g/mol. The largest absolute Gasteiger partial charge is 0.496 e. The van der Waals surface area contributed by atoms with E-state index in [0.29, 0.717) is 11.5 Å². The summed E-state index contributed by atoms with van der Waals surface area (Å²) in [6.07, 6.45) is 5.47. The first-order valence-electron chi connectivity index (χ1n) is 8.01. The Balaban J connectivity index is 1.41. The quantitative estimate of drug-likeness (QED) is 0.774. The Morgan fingerprint density at radius 2 is 2.16 bits per heavy atom. The molecule has 7 heteroatoms. The average Bonchev–Trinajstić information content (AvgIpc) is 3.27. The van der Waals surface area contributed by atoms with Crippen LogP contribution in [-0.4, -0.2) is 32.8 Å². The highest BCUT2D eigenvalue weighted by atomic mass is 16.5. The molecule has 25 heavy (non-hydrogen) atoms. The zero-order chi connectivity index (χ0) is 17.2. The minimum absolute atomic E-state index is 0.00575. The molecule has 0 bridgehead atoms. The van der Waals surface area contributed by atoms with Crippen molar-refractivity contribution in [1.82, 2.24) is 19.7 Å². The maximum Gasteiger partial charge on any atom is 0.228 e. The van der Waals surface area contributed by atoms with Gasteiger partial charge in [0, 0.05) is 5.92 Å². The lowest BCUT2D eigenvalue weighted by Gasteiger charge is -2.08. The molecule has 0 radical (unpaired) electrons. The van der Waals surface area contributed by atoms with E-state index in [2.05, 4.69) is 20.4 Å². The van der Waals surface area contributed by atoms with Crippen molar-refractivity contribution in [3.05, 3.63) is 60.8 Å². The van der Waals surface area contributed by atoms with E-state index in [1.54, 1.807) is 30.4 Å². The molecule has 1 aliphatic carbocycles. The predicted molar refractivity (Wildman–Crippen MR) is 91.6 cm³/mol. The van der Waals surface area contributed by atoms with Crippen LogP contribution in [0.3, 0.4) is 0 Å². The third-order valence-corrected chi connectivity index (χ3v) is 4.33. The van der Waals surface area contributed by atoms with Crippen LogP contribution in [0.4, 0.5) is 5.69 Å². The van der Waals surface area contributed by atoms with E-state index in [1.165, 1.54) is 6.33 Å². The molecule has 1 amide bonds. The summed E-state index contributed by atoms with van der Waals surface area (Å²) >= 11 is 0. The van der Waals surface area contributed by atoms with Gasteiger partial charge in [-0.15, -0.1) is 0 Å². The number of hydrogen-bond acceptors (Lipinski definition) is 5. The number of pyridine rings is 1. The summed E-state index contributed by atoms with van der Waals surface area (Å²) in [6, 6.07) is 11.4. The molecule has 1 fully saturated rings. The van der Waals surface area contributed by atoms with Crippen LogP contribution in [0.5, 0.6) is 5.75 Å². The van der Waals surface area contributed by atoms with Crippen LogP contribution in [0.25, 0.3) is 5.82 Å². The first-order valence-corrected chi connectivity index (χ1v) is 8.01. The van der Waals surface area contributed by atoms with Gasteiger partial charge in [0.25, 0.3) is 0 Å². The Labute approximate surface area is 144 Å². The van der Waals surface area contributed by atoms with Crippen LogP contribution in [0.1, 0.15) is 17.9 Å². The van der Waals surface area contributed by atoms with Crippen LogP contribution in [0.15, 0.2) is 55.2 Å². The molecule has 3 aromatic rings. The molecular formula is C18H17N5O2. The van der Waals surface area contributed by atoms with Gasteiger partial charge in [0.05, 0.1) is 19.0 Å². The maximum atomic E-state index is 12.5. The molecule has 2 atom stereocenters. The van der Waals surface area contributed by atoms with Crippen LogP contribution >= 0.6 is 0 Å². The number of hydrogen-bond donors (Lipinski definition) is 1. The van der Waals surface area contributed by atoms with Crippen molar-refractivity contribution in [2.75, 3.05) is 12.4 Å². The Bertz CT molecular complexity index is 877. The summed E-state index contributed by atoms with van der Waals surface area (Å²) in [4.78, 5) is 20.6. The number of ether oxygens (including phenoxy) is 1. The summed E-state index contributed by atoms with van der Waals surface area (Å²) < 4.78 is 6.95. The molecule has 1 saturated carbocycles. The van der Waals surface area contributed by atoms with Crippen molar-refractivity contribution in [1.29, 1.82) is 0 Å². The third kappa shape index (κ3) is 3.08. The summed E-state index contributed by atoms with van der Waals surface area (Å²) in [5.41, 5.74) is 1.75. The number of rotatable bonds is 5. The van der Waals surface area contributed by atoms with Gasteiger partial charge >= 0.3 is 0 Å². The number of benzene rings is 1. The predicted octanol–water partition coefficient (Wildman–Crippen LogP) is 2.41. The van der Waals surface area contributed by atoms with Crippen molar-refractivity contribution in [2.24, 2.45) is 5.92 Å². The standard InChI is InChI=1S/C18H17N5O2/c1-25-16-5-3-2-4-13(16)14-8-15(14)18(24)22-12-6-7-17(20-9-12)23-11-19-10-21-23/h2-7,9-11,14-15H,8H2,1H3,(H,22,24)/t14-,15-/m0/s1. The van der Waals surface area contributed by atoms with Crippen molar-refractivity contribution in [3.63, 3.8) is 0 Å². The highest BCUT2D eigenvalue weighted by Gasteiger charge is 2.45. The molecule has 2 aromatic heterocycles. The van der Waals surface area contributed by atoms with Gasteiger partial charge in [0.1, 0.15) is 18.4 Å². The van der Waals surface area contributed by atoms with E-state index in [0.717, 1.165) is 17.7 Å². The molecule has 1 N–H and O–H groups in total. The third-order valence-electron chi connectivity index (χ3n) is 4.33. The van der Waals surface area contributed by atoms with Crippen LogP contribution in [-0.2, 0) is 4.79 Å². The number of aromatic nitrogens is 4. The summed E-state index contributed by atoms with van der Waals surface area (Å²) in [6.45, 7) is 0. The van der Waals surface area contributed by atoms with Gasteiger partial charge in [-0.25, -0.2) is 14.6 Å². The lowest BCUT2D eigenvalue weighted by molar-refractivity contribution is -0.117. The number of amides is 1. The molecule has 2 heterocycles. The van der Waals surface area contributed by atoms with Gasteiger partial charge < -0.3 is 10.1 Å². The summed E-state index contributed by atoms with van der Waals surface area (Å²) in [5.74, 6) is 1.66. The van der Waals surface area contributed by atoms with Crippen molar-refractivity contribution >= 4 is 11.6 Å². The van der Waals surface area contributed by atoms with E-state index < -0.39 is 0 Å². The van der Waals surface area contributed by atoms with Crippen molar-refractivity contribution in [3.8, 4) is 11.6 Å². The van der Waals surface area contributed by atoms with Gasteiger partial charge in [0.15, 0.2) is 5.82 Å². The van der Waals surface area contributed by atoms with Gasteiger partial charge in [0.2, 0.25) is 5.91 Å². The molecule has 126 valence electrons. The van der Waals surface area contributed by atoms with Gasteiger partial charge in [-0.05, 0) is 36.1 Å². The second-order valence-corrected chi connectivity index (χ2v) is 5.93. The van der Waals surface area contributed by atoms with E-state index in [1.807, 2.05) is 30.3 Å². The van der Waals surface area contributed by atoms with Crippen LogP contribution in [0.2, 0.25) is 0 Å². The first-order chi connectivity index (χ1) is 12.3. The lowest BCUT2D eigenvalue weighted by atomic mass is 10.1. The number of nitrogens with zero attached hydrogens (tertiary/aromatic N) is 4. The Morgan fingerprint density at radius 3 is 2.88 bits per heavy atom. The summed E-state index contributed by atoms with van der Waals surface area (Å²) in [7, 11) is 1.65. The molecule has 4 rings (SSSR count). The Kier molecular flexibility index (Phi) is 3.89. The molecule has 1 aliphatic rings. The van der Waals surface area contributed by atoms with Gasteiger partial charge in [-0.2, -0.15) is 5.10 Å². The van der Waals surface area contributed by atoms with E-state index in [-0.39, 0.29) is 17.7 Å². The molecular weight excluding hydrogens is 318 g/mol. The maximum absolute atomic E-state index is 12.5. The molecule has 0 saturated heterocycles. The second kappa shape index (κ2) is 6.35. The van der Waals surface area contributed by atoms with Gasteiger partial charge in [-0.1, -0.05) is 18.2 Å². The van der Waals surface area contributed by atoms with Crippen molar-refractivity contribution in [2.45, 2.75) is 12.3 Å². The van der Waals surface area contributed by atoms with Crippen LogP contribution in [0, 0.1) is 5.92 Å². The fourth-order valence-electron chi connectivity index (χ4n) is 2.96. The van der Waals surface area contributed by atoms with E-state index in [4.69, 9.17) is 4.74 Å². The number of carbonyl (C=O) groups is 1. The topological polar surface area (TPSA) is 81.9 Å². The number of methoxy groups -OCH3 is 1. The Morgan fingerprint density at radius 1 is 1.28 bits per heavy atom.